The molecular formula is C58H68FN9O5S. The molecule has 16 heteroatoms. The number of piperazine rings is 1. The summed E-state index contributed by atoms with van der Waals surface area (Å²) in [5.41, 5.74) is 11.7. The lowest BCUT2D eigenvalue weighted by molar-refractivity contribution is -0.136. The number of aliphatic imine (C=N–C) groups is 1. The number of piperidine rings is 2. The van der Waals surface area contributed by atoms with Crippen molar-refractivity contribution >= 4 is 63.3 Å². The lowest BCUT2D eigenvalue weighted by Crippen LogP contribution is -2.53. The molecule has 4 N–H and O–H groups in total. The zero-order valence-corrected chi connectivity index (χ0v) is 43.4. The largest absolute Gasteiger partial charge is 0.369 e. The van der Waals surface area contributed by atoms with Gasteiger partial charge < -0.3 is 25.8 Å². The topological polar surface area (TPSA) is 174 Å². The van der Waals surface area contributed by atoms with Crippen LogP contribution in [0.3, 0.4) is 0 Å². The van der Waals surface area contributed by atoms with Gasteiger partial charge in [-0.15, -0.1) is 0 Å². The third-order valence-corrected chi connectivity index (χ3v) is 17.4. The Morgan fingerprint density at radius 3 is 2.45 bits per heavy atom. The summed E-state index contributed by atoms with van der Waals surface area (Å²) < 4.78 is 15.7. The summed E-state index contributed by atoms with van der Waals surface area (Å²) in [6, 6.07) is 21.8. The summed E-state index contributed by atoms with van der Waals surface area (Å²) in [7, 11) is 0. The summed E-state index contributed by atoms with van der Waals surface area (Å²) in [5.74, 6) is -0.753. The molecule has 4 aromatic rings. The Balaban J connectivity index is 0.645. The second-order valence-electron chi connectivity index (χ2n) is 21.7. The van der Waals surface area contributed by atoms with Crippen molar-refractivity contribution in [1.29, 1.82) is 0 Å². The van der Waals surface area contributed by atoms with E-state index in [9.17, 15) is 24.0 Å². The van der Waals surface area contributed by atoms with Gasteiger partial charge in [-0.2, -0.15) is 0 Å². The molecule has 14 nitrogen and oxygen atoms in total. The lowest BCUT2D eigenvalue weighted by atomic mass is 9.72. The number of fused-ring (bicyclic) bond motifs is 1. The van der Waals surface area contributed by atoms with Gasteiger partial charge in [0.2, 0.25) is 11.8 Å². The number of aryl methyl sites for hydroxylation is 1. The van der Waals surface area contributed by atoms with Crippen LogP contribution in [-0.4, -0.2) is 113 Å². The Morgan fingerprint density at radius 2 is 1.70 bits per heavy atom. The van der Waals surface area contributed by atoms with E-state index >= 15 is 4.39 Å². The molecule has 0 radical (unpaired) electrons. The maximum atomic E-state index is 15.7. The number of benzene rings is 3. The van der Waals surface area contributed by atoms with E-state index < -0.39 is 17.8 Å². The van der Waals surface area contributed by atoms with Crippen molar-refractivity contribution in [1.82, 2.24) is 20.1 Å². The van der Waals surface area contributed by atoms with Crippen molar-refractivity contribution in [3.8, 4) is 0 Å². The highest BCUT2D eigenvalue weighted by molar-refractivity contribution is 8.14. The third kappa shape index (κ3) is 11.8. The zero-order valence-electron chi connectivity index (χ0n) is 42.6. The predicted octanol–water partition coefficient (Wildman–Crippen LogP) is 8.45. The normalized spacial score (nSPS) is 24.3. The minimum atomic E-state index is -0.652. The van der Waals surface area contributed by atoms with Crippen molar-refractivity contribution in [2.75, 3.05) is 60.9 Å². The monoisotopic (exact) mass is 1020 g/mol. The number of nitrogens with two attached hydrogens (primary N) is 1. The van der Waals surface area contributed by atoms with Crippen LogP contribution in [-0.2, 0) is 22.6 Å². The fourth-order valence-electron chi connectivity index (χ4n) is 11.8. The number of carbonyl (C=O) groups is 5. The van der Waals surface area contributed by atoms with Crippen LogP contribution >= 0.6 is 11.8 Å². The second kappa shape index (κ2) is 22.3. The van der Waals surface area contributed by atoms with Gasteiger partial charge in [-0.05, 0) is 155 Å². The molecule has 6 aliphatic rings. The van der Waals surface area contributed by atoms with E-state index in [2.05, 4.69) is 49.4 Å². The first-order chi connectivity index (χ1) is 35.7. The van der Waals surface area contributed by atoms with Gasteiger partial charge in [-0.1, -0.05) is 43.0 Å². The van der Waals surface area contributed by atoms with Gasteiger partial charge >= 0.3 is 0 Å². The molecule has 4 fully saturated rings. The first-order valence-electron chi connectivity index (χ1n) is 26.6. The number of nitrogens with one attached hydrogen (secondary N) is 2. The smallest absolute Gasteiger partial charge is 0.255 e. The Labute approximate surface area is 437 Å². The first kappa shape index (κ1) is 51.3. The number of ketones is 1. The highest BCUT2D eigenvalue weighted by atomic mass is 32.2. The molecule has 3 saturated heterocycles. The minimum absolute atomic E-state index is 0.00981. The Bertz CT molecular complexity index is 2830. The molecule has 1 aliphatic carbocycles. The van der Waals surface area contributed by atoms with Crippen molar-refractivity contribution in [2.45, 2.75) is 114 Å². The number of imide groups is 1. The van der Waals surface area contributed by atoms with Crippen LogP contribution < -0.4 is 26.2 Å². The van der Waals surface area contributed by atoms with E-state index in [1.807, 2.05) is 55.5 Å². The zero-order chi connectivity index (χ0) is 51.5. The number of pyridine rings is 1. The van der Waals surface area contributed by atoms with Crippen molar-refractivity contribution in [3.63, 3.8) is 0 Å². The molecular weight excluding hydrogens is 954 g/mol. The van der Waals surface area contributed by atoms with E-state index in [0.717, 1.165) is 118 Å². The number of allylic oxidation sites excluding steroid dienone is 1. The van der Waals surface area contributed by atoms with Crippen LogP contribution in [0.15, 0.2) is 101 Å². The van der Waals surface area contributed by atoms with Crippen LogP contribution in [0.4, 0.5) is 21.5 Å². The van der Waals surface area contributed by atoms with Gasteiger partial charge in [-0.25, -0.2) is 4.39 Å². The number of carbonyl (C=O) groups excluding carboxylic acids is 5. The number of halogens is 1. The molecule has 1 saturated carbocycles. The highest BCUT2D eigenvalue weighted by Gasteiger charge is 2.39. The summed E-state index contributed by atoms with van der Waals surface area (Å²) >= 11 is 1.59. The average Bonchev–Trinajstić information content (AvgIpc) is 3.54. The fraction of sp³-hybridized carbons (Fsp3) is 0.466. The van der Waals surface area contributed by atoms with Gasteiger partial charge in [0.1, 0.15) is 17.6 Å². The number of thioether (sulfide) groups is 1. The fourth-order valence-corrected chi connectivity index (χ4v) is 12.7. The number of anilines is 3. The molecule has 0 spiro atoms. The van der Waals surface area contributed by atoms with E-state index in [1.54, 1.807) is 41.1 Å². The quantitative estimate of drug-likeness (QED) is 0.0867. The number of hydrogen-bond donors (Lipinski definition) is 3. The molecule has 3 unspecified atom stereocenters. The van der Waals surface area contributed by atoms with E-state index in [0.29, 0.717) is 66.3 Å². The second-order valence-corrected chi connectivity index (χ2v) is 22.8. The lowest BCUT2D eigenvalue weighted by Gasteiger charge is -2.43. The average molecular weight is 1020 g/mol. The first-order valence-corrected chi connectivity index (χ1v) is 27.4. The maximum absolute atomic E-state index is 15.7. The molecule has 3 atom stereocenters. The number of nitrogens with zero attached hydrogens (tertiary/aromatic N) is 6. The van der Waals surface area contributed by atoms with E-state index in [1.165, 1.54) is 6.07 Å². The van der Waals surface area contributed by atoms with Gasteiger partial charge in [0, 0.05) is 98.0 Å². The number of rotatable bonds is 13. The minimum Gasteiger partial charge on any atom is -0.369 e. The molecule has 1 aromatic heterocycles. The summed E-state index contributed by atoms with van der Waals surface area (Å²) in [4.78, 5) is 83.1. The molecule has 4 amide bonds. The Kier molecular flexibility index (Phi) is 15.5. The summed E-state index contributed by atoms with van der Waals surface area (Å²) in [6.07, 6.45) is 15.3. The molecule has 3 aromatic carbocycles. The van der Waals surface area contributed by atoms with Crippen molar-refractivity contribution in [3.05, 3.63) is 125 Å². The molecule has 0 bridgehead atoms. The summed E-state index contributed by atoms with van der Waals surface area (Å²) in [5, 5.41) is 6.28. The number of amides is 4. The van der Waals surface area contributed by atoms with Gasteiger partial charge in [-0.3, -0.25) is 44.2 Å². The Hall–Kier alpha value is -6.23. The predicted molar refractivity (Wildman–Crippen MR) is 288 cm³/mol. The standard InChI is InChI=1S/C58H68FN9O5S/c1-37(9-10-38-11-14-47-42(31-38)36-68(57(47)73)51-17-18-52(69)64-56(51)72)54(70)49-15-13-45(35-61-49)66-29-27-65(28-30-66)44-21-25-67(26-22-44)50-16-12-40(32-48(50)59)55(71)63-43-6-4-7-46(33-43)74-53-8-3-5-41(34-62-53)39-19-23-58(2,60)24-20-39/h3-4,6-8,11-16,31-33,35,37,39,41,44,51H,5,9-10,17-30,34,36,60H2,1-2H3,(H,63,71)(H,64,69,72). The molecule has 10 rings (SSSR count). The number of aromatic nitrogens is 1. The van der Waals surface area contributed by atoms with Crippen LogP contribution in [0, 0.1) is 23.6 Å². The molecule has 5 aliphatic heterocycles. The molecule has 74 heavy (non-hydrogen) atoms. The molecule has 6 heterocycles. The number of hydrogen-bond acceptors (Lipinski definition) is 12. The van der Waals surface area contributed by atoms with Gasteiger partial charge in [0.05, 0.1) is 22.6 Å². The van der Waals surface area contributed by atoms with Crippen molar-refractivity contribution < 1.29 is 28.4 Å². The Morgan fingerprint density at radius 1 is 0.905 bits per heavy atom. The van der Waals surface area contributed by atoms with Gasteiger partial charge in [0.25, 0.3) is 11.8 Å². The van der Waals surface area contributed by atoms with Crippen LogP contribution in [0.2, 0.25) is 0 Å². The van der Waals surface area contributed by atoms with Gasteiger partial charge in [0.15, 0.2) is 5.78 Å². The third-order valence-electron chi connectivity index (χ3n) is 16.4. The number of Topliss-reactive ketones (excluding diaryl/α,β-unsaturated/α-hetero) is 1. The maximum Gasteiger partial charge on any atom is 0.255 e. The SMILES string of the molecule is CC(CCc1ccc2c(c1)CN(C1CCC(=O)NC1=O)C2=O)C(=O)c1ccc(N2CCN(C3CCN(c4ccc(C(=O)Nc5cccc(SC6=NCC(C7CCC(C)(N)CC7)CC=C6)c5)cc4F)CC3)CC2)cn1. The summed E-state index contributed by atoms with van der Waals surface area (Å²) in [6.45, 7) is 10.2. The van der Waals surface area contributed by atoms with E-state index in [4.69, 9.17) is 10.7 Å². The highest BCUT2D eigenvalue weighted by Crippen LogP contribution is 2.38. The molecule has 388 valence electrons. The van der Waals surface area contributed by atoms with Crippen LogP contribution in [0.5, 0.6) is 0 Å². The van der Waals surface area contributed by atoms with Crippen molar-refractivity contribution in [2.24, 2.45) is 28.5 Å². The van der Waals surface area contributed by atoms with Crippen LogP contribution in [0.1, 0.15) is 120 Å². The van der Waals surface area contributed by atoms with E-state index in [-0.39, 0.29) is 46.9 Å². The van der Waals surface area contributed by atoms with Crippen LogP contribution in [0.25, 0.3) is 0 Å².